The number of fused-ring (bicyclic) bond motifs is 1. The minimum Gasteiger partial charge on any atom is -0.313 e. The van der Waals surface area contributed by atoms with E-state index in [1.165, 1.54) is 29.3 Å². The molecule has 0 bridgehead atoms. The molecule has 0 saturated carbocycles. The summed E-state index contributed by atoms with van der Waals surface area (Å²) in [5.74, 6) is 0. The molecule has 0 aliphatic heterocycles. The van der Waals surface area contributed by atoms with Crippen LogP contribution in [0.15, 0.2) is 52.3 Å². The Bertz CT molecular complexity index is 768. The molecule has 108 valence electrons. The van der Waals surface area contributed by atoms with Gasteiger partial charge in [-0.15, -0.1) is 11.3 Å². The number of hydrogen-bond donors (Lipinski definition) is 1. The van der Waals surface area contributed by atoms with Crippen molar-refractivity contribution in [3.63, 3.8) is 0 Å². The molecule has 4 heteroatoms. The molecular formula is C17H15BrINS. The lowest BCUT2D eigenvalue weighted by atomic mass is 9.99. The van der Waals surface area contributed by atoms with Gasteiger partial charge in [0, 0.05) is 18.8 Å². The summed E-state index contributed by atoms with van der Waals surface area (Å²) in [5.41, 5.74) is 2.74. The van der Waals surface area contributed by atoms with Crippen molar-refractivity contribution in [2.45, 2.75) is 12.5 Å². The fourth-order valence-corrected chi connectivity index (χ4v) is 4.57. The van der Waals surface area contributed by atoms with Crippen molar-refractivity contribution in [2.75, 3.05) is 7.05 Å². The zero-order valence-electron chi connectivity index (χ0n) is 11.6. The van der Waals surface area contributed by atoms with Crippen LogP contribution in [0.5, 0.6) is 0 Å². The summed E-state index contributed by atoms with van der Waals surface area (Å²) in [5, 5.41) is 7.13. The number of hydrogen-bond acceptors (Lipinski definition) is 2. The van der Waals surface area contributed by atoms with E-state index in [2.05, 4.69) is 91.7 Å². The van der Waals surface area contributed by atoms with Crippen LogP contribution in [0.4, 0.5) is 0 Å². The van der Waals surface area contributed by atoms with Crippen molar-refractivity contribution in [3.05, 3.63) is 67.0 Å². The molecule has 1 nitrogen and oxygen atoms in total. The topological polar surface area (TPSA) is 12.0 Å². The van der Waals surface area contributed by atoms with Gasteiger partial charge in [-0.25, -0.2) is 0 Å². The largest absolute Gasteiger partial charge is 0.313 e. The smallest absolute Gasteiger partial charge is 0.0370 e. The van der Waals surface area contributed by atoms with Crippen molar-refractivity contribution in [1.82, 2.24) is 5.32 Å². The van der Waals surface area contributed by atoms with Gasteiger partial charge in [0.25, 0.3) is 0 Å². The van der Waals surface area contributed by atoms with E-state index >= 15 is 0 Å². The monoisotopic (exact) mass is 471 g/mol. The number of thiophene rings is 1. The predicted octanol–water partition coefficient (Wildman–Crippen LogP) is 5.77. The van der Waals surface area contributed by atoms with Crippen molar-refractivity contribution in [3.8, 4) is 0 Å². The number of likely N-dealkylation sites (N-methyl/N-ethyl adjacent to an activating group) is 1. The first-order valence-corrected chi connectivity index (χ1v) is 9.51. The van der Waals surface area contributed by atoms with E-state index in [4.69, 9.17) is 0 Å². The third-order valence-corrected chi connectivity index (χ3v) is 6.07. The molecule has 0 fully saturated rings. The summed E-state index contributed by atoms with van der Waals surface area (Å²) >= 11 is 7.88. The fourth-order valence-electron chi connectivity index (χ4n) is 2.56. The maximum absolute atomic E-state index is 3.68. The van der Waals surface area contributed by atoms with Gasteiger partial charge in [0.15, 0.2) is 0 Å². The van der Waals surface area contributed by atoms with Crippen molar-refractivity contribution in [2.24, 2.45) is 0 Å². The molecule has 0 aliphatic carbocycles. The molecule has 3 rings (SSSR count). The Morgan fingerprint density at radius 3 is 2.86 bits per heavy atom. The molecule has 1 heterocycles. The van der Waals surface area contributed by atoms with Crippen molar-refractivity contribution in [1.29, 1.82) is 0 Å². The van der Waals surface area contributed by atoms with Crippen LogP contribution in [0.3, 0.4) is 0 Å². The highest BCUT2D eigenvalue weighted by Gasteiger charge is 2.16. The summed E-state index contributed by atoms with van der Waals surface area (Å²) in [6.07, 6.45) is 0.999. The van der Waals surface area contributed by atoms with Crippen LogP contribution in [0, 0.1) is 3.57 Å². The van der Waals surface area contributed by atoms with E-state index in [1.54, 1.807) is 0 Å². The zero-order valence-corrected chi connectivity index (χ0v) is 16.1. The molecule has 21 heavy (non-hydrogen) atoms. The molecular weight excluding hydrogens is 457 g/mol. The first-order valence-electron chi connectivity index (χ1n) is 6.76. The summed E-state index contributed by atoms with van der Waals surface area (Å²) in [7, 11) is 2.03. The predicted molar refractivity (Wildman–Crippen MR) is 104 cm³/mol. The number of rotatable bonds is 4. The molecule has 1 atom stereocenters. The highest BCUT2D eigenvalue weighted by Crippen LogP contribution is 2.32. The van der Waals surface area contributed by atoms with Crippen LogP contribution < -0.4 is 5.32 Å². The molecule has 3 aromatic rings. The highest BCUT2D eigenvalue weighted by atomic mass is 127. The van der Waals surface area contributed by atoms with Crippen molar-refractivity contribution >= 4 is 59.9 Å². The van der Waals surface area contributed by atoms with Crippen molar-refractivity contribution < 1.29 is 0 Å². The van der Waals surface area contributed by atoms with E-state index in [9.17, 15) is 0 Å². The first kappa shape index (κ1) is 15.5. The van der Waals surface area contributed by atoms with Gasteiger partial charge in [-0.05, 0) is 82.2 Å². The van der Waals surface area contributed by atoms with E-state index in [0.717, 1.165) is 6.42 Å². The Kier molecular flexibility index (Phi) is 4.99. The van der Waals surface area contributed by atoms with Gasteiger partial charge in [0.05, 0.1) is 0 Å². The lowest BCUT2D eigenvalue weighted by Gasteiger charge is -2.18. The summed E-state index contributed by atoms with van der Waals surface area (Å²) in [4.78, 5) is 0. The summed E-state index contributed by atoms with van der Waals surface area (Å²) < 4.78 is 3.80. The highest BCUT2D eigenvalue weighted by molar-refractivity contribution is 14.1. The van der Waals surface area contributed by atoms with E-state index in [-0.39, 0.29) is 0 Å². The Morgan fingerprint density at radius 1 is 1.24 bits per heavy atom. The second kappa shape index (κ2) is 6.77. The minimum atomic E-state index is 0.312. The van der Waals surface area contributed by atoms with Gasteiger partial charge in [0.1, 0.15) is 0 Å². The molecule has 1 N–H and O–H groups in total. The van der Waals surface area contributed by atoms with E-state index in [1.807, 2.05) is 18.4 Å². The van der Waals surface area contributed by atoms with Crippen LogP contribution in [0.2, 0.25) is 0 Å². The molecule has 0 saturated heterocycles. The fraction of sp³-hybridized carbons (Fsp3) is 0.176. The number of halogens is 2. The van der Waals surface area contributed by atoms with Gasteiger partial charge in [0.2, 0.25) is 0 Å². The molecule has 1 aromatic heterocycles. The lowest BCUT2D eigenvalue weighted by molar-refractivity contribution is 0.592. The van der Waals surface area contributed by atoms with Gasteiger partial charge in [-0.1, -0.05) is 34.1 Å². The number of benzene rings is 2. The number of nitrogens with one attached hydrogen (secondary N) is 1. The first-order chi connectivity index (χ1) is 10.2. The maximum atomic E-state index is 3.68. The van der Waals surface area contributed by atoms with Crippen LogP contribution in [-0.2, 0) is 6.42 Å². The summed E-state index contributed by atoms with van der Waals surface area (Å²) in [6.45, 7) is 0. The Morgan fingerprint density at radius 2 is 2.05 bits per heavy atom. The van der Waals surface area contributed by atoms with Gasteiger partial charge in [-0.2, -0.15) is 0 Å². The normalized spacial score (nSPS) is 12.7. The average Bonchev–Trinajstić information content (AvgIpc) is 2.91. The summed E-state index contributed by atoms with van der Waals surface area (Å²) in [6, 6.07) is 15.5. The Labute approximate surface area is 151 Å². The molecule has 0 amide bonds. The standard InChI is InChI=1S/C17H15BrINS/c1-20-16(14-9-12(19)6-7-15(14)18)8-11-10-21-17-5-3-2-4-13(11)17/h2-7,9-10,16,20H,8H2,1H3. The Hall–Kier alpha value is -0.430. The molecule has 1 unspecified atom stereocenters. The Balaban J connectivity index is 1.96. The maximum Gasteiger partial charge on any atom is 0.0370 e. The SMILES string of the molecule is CNC(Cc1csc2ccccc12)c1cc(I)ccc1Br. The molecule has 0 radical (unpaired) electrons. The third kappa shape index (κ3) is 3.33. The van der Waals surface area contributed by atoms with E-state index < -0.39 is 0 Å². The van der Waals surface area contributed by atoms with Gasteiger partial charge in [-0.3, -0.25) is 0 Å². The van der Waals surface area contributed by atoms with Gasteiger partial charge >= 0.3 is 0 Å². The molecule has 2 aromatic carbocycles. The quantitative estimate of drug-likeness (QED) is 0.476. The van der Waals surface area contributed by atoms with Crippen LogP contribution in [0.1, 0.15) is 17.2 Å². The van der Waals surface area contributed by atoms with Crippen LogP contribution in [0.25, 0.3) is 10.1 Å². The van der Waals surface area contributed by atoms with Crippen LogP contribution >= 0.6 is 49.9 Å². The van der Waals surface area contributed by atoms with E-state index in [0.29, 0.717) is 6.04 Å². The second-order valence-electron chi connectivity index (χ2n) is 4.97. The zero-order chi connectivity index (χ0) is 14.8. The second-order valence-corrected chi connectivity index (χ2v) is 7.98. The molecule has 0 aliphatic rings. The lowest BCUT2D eigenvalue weighted by Crippen LogP contribution is -2.19. The third-order valence-electron chi connectivity index (χ3n) is 3.67. The van der Waals surface area contributed by atoms with Crippen LogP contribution in [-0.4, -0.2) is 7.05 Å². The molecule has 0 spiro atoms. The average molecular weight is 472 g/mol. The van der Waals surface area contributed by atoms with Gasteiger partial charge < -0.3 is 5.32 Å². The minimum absolute atomic E-state index is 0.312.